The molecule has 5 heteroatoms. The van der Waals surface area contributed by atoms with Gasteiger partial charge in [-0.05, 0) is 29.8 Å². The molecule has 0 aliphatic rings. The predicted octanol–water partition coefficient (Wildman–Crippen LogP) is 3.70. The van der Waals surface area contributed by atoms with Crippen LogP contribution < -0.4 is 11.1 Å². The van der Waals surface area contributed by atoms with Crippen molar-refractivity contribution in [2.24, 2.45) is 5.73 Å². The number of hydrogen-bond acceptors (Lipinski definition) is 2. The number of nitrogens with two attached hydrogens (primary N) is 1. The van der Waals surface area contributed by atoms with Crippen LogP contribution in [0, 0.1) is 0 Å². The molecule has 0 radical (unpaired) electrons. The molecule has 0 aliphatic carbocycles. The quantitative estimate of drug-likeness (QED) is 0.903. The van der Waals surface area contributed by atoms with Gasteiger partial charge in [-0.3, -0.25) is 4.79 Å². The van der Waals surface area contributed by atoms with Crippen molar-refractivity contribution in [3.63, 3.8) is 0 Å². The summed E-state index contributed by atoms with van der Waals surface area (Å²) >= 11 is 11.8. The van der Waals surface area contributed by atoms with Crippen LogP contribution in [0.4, 0.5) is 5.69 Å². The summed E-state index contributed by atoms with van der Waals surface area (Å²) in [5.41, 5.74) is 7.49. The monoisotopic (exact) mass is 294 g/mol. The van der Waals surface area contributed by atoms with Crippen LogP contribution in [0.2, 0.25) is 10.0 Å². The van der Waals surface area contributed by atoms with E-state index in [-0.39, 0.29) is 0 Å². The number of anilines is 1. The average molecular weight is 295 g/mol. The van der Waals surface area contributed by atoms with Gasteiger partial charge in [0.05, 0.1) is 10.0 Å². The number of carbonyl (C=O) groups excluding carboxylic acids is 1. The molecule has 19 heavy (non-hydrogen) atoms. The number of carbonyl (C=O) groups is 1. The normalized spacial score (nSPS) is 10.2. The smallest absolute Gasteiger partial charge is 0.249 e. The maximum absolute atomic E-state index is 11.3. The van der Waals surface area contributed by atoms with Crippen molar-refractivity contribution in [1.82, 2.24) is 0 Å². The summed E-state index contributed by atoms with van der Waals surface area (Å²) in [7, 11) is 0. The Kier molecular flexibility index (Phi) is 4.30. The second-order valence-corrected chi connectivity index (χ2v) is 4.82. The highest BCUT2D eigenvalue weighted by atomic mass is 35.5. The summed E-state index contributed by atoms with van der Waals surface area (Å²) in [6, 6.07) is 12.5. The third kappa shape index (κ3) is 3.40. The van der Waals surface area contributed by atoms with Gasteiger partial charge in [0.15, 0.2) is 0 Å². The van der Waals surface area contributed by atoms with Gasteiger partial charge in [0.1, 0.15) is 0 Å². The van der Waals surface area contributed by atoms with Crippen LogP contribution in [0.5, 0.6) is 0 Å². The molecule has 3 N–H and O–H groups in total. The van der Waals surface area contributed by atoms with Gasteiger partial charge in [-0.1, -0.05) is 41.4 Å². The lowest BCUT2D eigenvalue weighted by Gasteiger charge is -2.10. The van der Waals surface area contributed by atoms with Crippen molar-refractivity contribution in [3.8, 4) is 0 Å². The molecule has 0 aliphatic heterocycles. The van der Waals surface area contributed by atoms with E-state index >= 15 is 0 Å². The number of primary amides is 1. The Bertz CT molecular complexity index is 614. The minimum absolute atomic E-state index is 0.438. The van der Waals surface area contributed by atoms with Gasteiger partial charge in [0.2, 0.25) is 5.91 Å². The highest BCUT2D eigenvalue weighted by molar-refractivity contribution is 6.42. The Balaban J connectivity index is 2.14. The van der Waals surface area contributed by atoms with E-state index in [4.69, 9.17) is 28.9 Å². The summed E-state index contributed by atoms with van der Waals surface area (Å²) in [4.78, 5) is 11.3. The second kappa shape index (κ2) is 5.95. The molecular weight excluding hydrogens is 283 g/mol. The summed E-state index contributed by atoms with van der Waals surface area (Å²) in [5.74, 6) is -0.438. The minimum Gasteiger partial charge on any atom is -0.381 e. The molecule has 0 unspecified atom stereocenters. The zero-order chi connectivity index (χ0) is 13.8. The van der Waals surface area contributed by atoms with Gasteiger partial charge in [0.25, 0.3) is 0 Å². The lowest BCUT2D eigenvalue weighted by atomic mass is 10.1. The first kappa shape index (κ1) is 13.7. The van der Waals surface area contributed by atoms with E-state index in [1.807, 2.05) is 18.2 Å². The van der Waals surface area contributed by atoms with Crippen molar-refractivity contribution in [3.05, 3.63) is 63.6 Å². The summed E-state index contributed by atoms with van der Waals surface area (Å²) < 4.78 is 0. The minimum atomic E-state index is -0.438. The van der Waals surface area contributed by atoms with Crippen molar-refractivity contribution in [2.45, 2.75) is 6.54 Å². The molecular formula is C14H12Cl2N2O. The average Bonchev–Trinajstić information content (AvgIpc) is 2.40. The third-order valence-electron chi connectivity index (χ3n) is 2.69. The molecule has 0 fully saturated rings. The molecule has 0 saturated carbocycles. The molecule has 1 amide bonds. The molecule has 0 heterocycles. The van der Waals surface area contributed by atoms with Gasteiger partial charge >= 0.3 is 0 Å². The first-order chi connectivity index (χ1) is 9.08. The van der Waals surface area contributed by atoms with Crippen LogP contribution >= 0.6 is 23.2 Å². The van der Waals surface area contributed by atoms with E-state index in [2.05, 4.69) is 5.32 Å². The van der Waals surface area contributed by atoms with E-state index in [1.54, 1.807) is 24.3 Å². The number of nitrogens with one attached hydrogen (secondary N) is 1. The molecule has 2 aromatic carbocycles. The number of benzene rings is 2. The third-order valence-corrected chi connectivity index (χ3v) is 3.42. The molecule has 2 aromatic rings. The van der Waals surface area contributed by atoms with Crippen LogP contribution in [-0.4, -0.2) is 5.91 Å². The first-order valence-corrected chi connectivity index (χ1v) is 6.40. The highest BCUT2D eigenvalue weighted by Crippen LogP contribution is 2.25. The Morgan fingerprint density at radius 2 is 1.84 bits per heavy atom. The fraction of sp³-hybridized carbons (Fsp3) is 0.0714. The van der Waals surface area contributed by atoms with Gasteiger partial charge in [-0.25, -0.2) is 0 Å². The standard InChI is InChI=1S/C14H12Cl2N2O/c15-12-6-5-10(7-13(12)16)18-8-9-3-1-2-4-11(9)14(17)19/h1-7,18H,8H2,(H2,17,19). The Morgan fingerprint density at radius 1 is 1.11 bits per heavy atom. The van der Waals surface area contributed by atoms with Gasteiger partial charge in [-0.15, -0.1) is 0 Å². The predicted molar refractivity (Wildman–Crippen MR) is 78.7 cm³/mol. The fourth-order valence-corrected chi connectivity index (χ4v) is 2.02. The Hall–Kier alpha value is -1.71. The van der Waals surface area contributed by atoms with Crippen molar-refractivity contribution in [2.75, 3.05) is 5.32 Å². The molecule has 0 aromatic heterocycles. The molecule has 98 valence electrons. The maximum atomic E-state index is 11.3. The molecule has 0 bridgehead atoms. The number of halogens is 2. The molecule has 0 saturated heterocycles. The first-order valence-electron chi connectivity index (χ1n) is 5.64. The van der Waals surface area contributed by atoms with Crippen LogP contribution in [0.15, 0.2) is 42.5 Å². The lowest BCUT2D eigenvalue weighted by Crippen LogP contribution is -2.15. The Morgan fingerprint density at radius 3 is 2.53 bits per heavy atom. The molecule has 0 spiro atoms. The number of rotatable bonds is 4. The van der Waals surface area contributed by atoms with E-state index < -0.39 is 5.91 Å². The van der Waals surface area contributed by atoms with Crippen molar-refractivity contribution in [1.29, 1.82) is 0 Å². The number of hydrogen-bond donors (Lipinski definition) is 2. The van der Waals surface area contributed by atoms with Crippen LogP contribution in [0.3, 0.4) is 0 Å². The largest absolute Gasteiger partial charge is 0.381 e. The van der Waals surface area contributed by atoms with Crippen molar-refractivity contribution < 1.29 is 4.79 Å². The lowest BCUT2D eigenvalue weighted by molar-refractivity contribution is 0.0999. The summed E-state index contributed by atoms with van der Waals surface area (Å²) in [5, 5.41) is 4.16. The van der Waals surface area contributed by atoms with Crippen LogP contribution in [0.25, 0.3) is 0 Å². The van der Waals surface area contributed by atoms with E-state index in [0.717, 1.165) is 11.3 Å². The van der Waals surface area contributed by atoms with Gasteiger partial charge < -0.3 is 11.1 Å². The Labute approximate surface area is 121 Å². The summed E-state index contributed by atoms with van der Waals surface area (Å²) in [6.45, 7) is 0.483. The van der Waals surface area contributed by atoms with E-state index in [0.29, 0.717) is 22.2 Å². The number of amides is 1. The van der Waals surface area contributed by atoms with Crippen LogP contribution in [-0.2, 0) is 6.54 Å². The maximum Gasteiger partial charge on any atom is 0.249 e. The zero-order valence-corrected chi connectivity index (χ0v) is 11.5. The van der Waals surface area contributed by atoms with E-state index in [1.165, 1.54) is 0 Å². The van der Waals surface area contributed by atoms with E-state index in [9.17, 15) is 4.79 Å². The molecule has 3 nitrogen and oxygen atoms in total. The fourth-order valence-electron chi connectivity index (χ4n) is 1.72. The topological polar surface area (TPSA) is 55.1 Å². The van der Waals surface area contributed by atoms with Gasteiger partial charge in [0, 0.05) is 17.8 Å². The van der Waals surface area contributed by atoms with Crippen molar-refractivity contribution >= 4 is 34.8 Å². The molecule has 0 atom stereocenters. The van der Waals surface area contributed by atoms with Gasteiger partial charge in [-0.2, -0.15) is 0 Å². The SMILES string of the molecule is NC(=O)c1ccccc1CNc1ccc(Cl)c(Cl)c1. The second-order valence-electron chi connectivity index (χ2n) is 4.00. The van der Waals surface area contributed by atoms with Crippen LogP contribution in [0.1, 0.15) is 15.9 Å². The summed E-state index contributed by atoms with van der Waals surface area (Å²) in [6.07, 6.45) is 0. The molecule has 2 rings (SSSR count). The zero-order valence-electron chi connectivity index (χ0n) is 9.99. The highest BCUT2D eigenvalue weighted by Gasteiger charge is 2.07.